The Balaban J connectivity index is 0.938. The molecular weight excluding hydrogens is 1260 g/mol. The summed E-state index contributed by atoms with van der Waals surface area (Å²) in [6, 6.07) is 122. The molecule has 0 saturated heterocycles. The van der Waals surface area contributed by atoms with Gasteiger partial charge in [-0.05, 0) is 218 Å². The van der Waals surface area contributed by atoms with Crippen LogP contribution in [0.4, 0.5) is 17.1 Å². The number of ether oxygens (including phenoxy) is 1. The van der Waals surface area contributed by atoms with Gasteiger partial charge in [-0.15, -0.1) is 0 Å². The maximum atomic E-state index is 7.63. The van der Waals surface area contributed by atoms with E-state index in [9.17, 15) is 0 Å². The Labute approximate surface area is 611 Å². The van der Waals surface area contributed by atoms with Gasteiger partial charge in [-0.1, -0.05) is 325 Å². The van der Waals surface area contributed by atoms with E-state index in [0.717, 1.165) is 50.8 Å². The van der Waals surface area contributed by atoms with Gasteiger partial charge in [0.1, 0.15) is 11.5 Å². The van der Waals surface area contributed by atoms with Gasteiger partial charge in [-0.2, -0.15) is 0 Å². The molecule has 0 N–H and O–H groups in total. The normalized spacial score (nSPS) is 15.8. The number of hydrogen-bond acceptors (Lipinski definition) is 3. The van der Waals surface area contributed by atoms with Crippen molar-refractivity contribution >= 4 is 80.6 Å². The van der Waals surface area contributed by atoms with Crippen molar-refractivity contribution in [3.63, 3.8) is 0 Å². The maximum absolute atomic E-state index is 7.63. The number of benzene rings is 14. The number of hydrogen-bond donors (Lipinski definition) is 0. The standard InChI is InChI=1S/C98H75B2NOS/c1-96(2,3)77-44-46-83-89(59-77)102-90-57-75(73-53-70(65-33-18-9-19-34-65)50-71(54-73)66-35-20-10-21-36-66)56-88-95(90)99(83)86-62-85-80(61-87(86)101(88)79-41-26-13-27-42-79)93(98(76-39-24-12-25-40-76)48-28-43-82(98)67-37-22-11-23-38-67)81-55-74(58-92-94(81)100(85)84-47-45-78(97(4,5)6)60-91(84)103-92)72-51-68(63-29-14-7-15-30-63)49-69(52-72)64-31-16-8-17-32-64/h7-62,93H,1-6H3. The van der Waals surface area contributed by atoms with Crippen LogP contribution in [0.15, 0.2) is 350 Å². The smallest absolute Gasteiger partial charge is 0.256 e. The molecule has 4 aliphatic heterocycles. The quantitative estimate of drug-likeness (QED) is 0.127. The van der Waals surface area contributed by atoms with Gasteiger partial charge in [0.15, 0.2) is 0 Å². The second-order valence-corrected chi connectivity index (χ2v) is 31.8. The Morgan fingerprint density at radius 2 is 0.796 bits per heavy atom. The highest BCUT2D eigenvalue weighted by atomic mass is 32.2. The lowest BCUT2D eigenvalue weighted by atomic mass is 9.29. The number of rotatable bonds is 10. The first kappa shape index (κ1) is 62.6. The Kier molecular flexibility index (Phi) is 14.9. The minimum Gasteiger partial charge on any atom is -0.458 e. The largest absolute Gasteiger partial charge is 0.458 e. The topological polar surface area (TPSA) is 12.5 Å². The van der Waals surface area contributed by atoms with E-state index in [4.69, 9.17) is 4.74 Å². The molecule has 0 aromatic heterocycles. The van der Waals surface area contributed by atoms with Crippen molar-refractivity contribution in [3.8, 4) is 78.3 Å². The lowest BCUT2D eigenvalue weighted by Crippen LogP contribution is -2.65. The summed E-state index contributed by atoms with van der Waals surface area (Å²) >= 11 is 1.97. The van der Waals surface area contributed by atoms with Gasteiger partial charge < -0.3 is 9.64 Å². The summed E-state index contributed by atoms with van der Waals surface area (Å²) in [7, 11) is 0. The van der Waals surface area contributed by atoms with Crippen molar-refractivity contribution in [2.45, 2.75) is 73.5 Å². The molecule has 14 aromatic carbocycles. The molecule has 19 rings (SSSR count). The molecule has 4 heterocycles. The Morgan fingerprint density at radius 3 is 1.33 bits per heavy atom. The van der Waals surface area contributed by atoms with Crippen LogP contribution in [0, 0.1) is 0 Å². The first-order chi connectivity index (χ1) is 50.3. The third-order valence-corrected chi connectivity index (χ3v) is 23.6. The third kappa shape index (κ3) is 10.6. The van der Waals surface area contributed by atoms with Gasteiger partial charge in [0.2, 0.25) is 6.71 Å². The highest BCUT2D eigenvalue weighted by Crippen LogP contribution is 2.58. The summed E-state index contributed by atoms with van der Waals surface area (Å²) < 4.78 is 7.63. The number of nitrogens with zero attached hydrogens (tertiary/aromatic N) is 1. The van der Waals surface area contributed by atoms with Crippen LogP contribution in [0.1, 0.15) is 80.8 Å². The van der Waals surface area contributed by atoms with E-state index in [1.807, 2.05) is 11.8 Å². The predicted molar refractivity (Wildman–Crippen MR) is 437 cm³/mol. The summed E-state index contributed by atoms with van der Waals surface area (Å²) in [6.45, 7) is 13.7. The van der Waals surface area contributed by atoms with Crippen molar-refractivity contribution < 1.29 is 4.74 Å². The molecule has 5 aliphatic rings. The molecule has 0 fully saturated rings. The SMILES string of the molecule is CC(C)(C)c1ccc2c(c1)Oc1cc(-c3cc(-c4ccccc4)cc(-c4ccccc4)c3)cc3c1B2c1cc2c(cc1N3c1ccccc1)C(C1(c3ccccc3)C=CC=C1c1ccccc1)c1cc(-c3cc(-c4ccccc4)cc(-c4ccccc4)c3)cc3c1B2c1ccc(C(C)(C)C)cc1S3. The average Bonchev–Trinajstić information content (AvgIpc) is 1.48. The number of anilines is 3. The monoisotopic (exact) mass is 1340 g/mol. The van der Waals surface area contributed by atoms with E-state index in [-0.39, 0.29) is 30.2 Å². The molecule has 14 aromatic rings. The van der Waals surface area contributed by atoms with E-state index in [0.29, 0.717) is 0 Å². The van der Waals surface area contributed by atoms with Crippen molar-refractivity contribution in [3.05, 3.63) is 373 Å². The summed E-state index contributed by atoms with van der Waals surface area (Å²) in [5, 5.41) is 0. The van der Waals surface area contributed by atoms with E-state index >= 15 is 0 Å². The average molecular weight is 1340 g/mol. The zero-order valence-electron chi connectivity index (χ0n) is 58.8. The Morgan fingerprint density at radius 1 is 0.340 bits per heavy atom. The van der Waals surface area contributed by atoms with Crippen LogP contribution in [-0.2, 0) is 16.2 Å². The van der Waals surface area contributed by atoms with E-state index in [1.54, 1.807) is 0 Å². The van der Waals surface area contributed by atoms with Crippen molar-refractivity contribution in [1.29, 1.82) is 0 Å². The molecule has 103 heavy (non-hydrogen) atoms. The molecule has 2 nitrogen and oxygen atoms in total. The zero-order valence-corrected chi connectivity index (χ0v) is 59.6. The first-order valence-corrected chi connectivity index (χ1v) is 37.2. The molecular formula is C98H75B2NOS. The van der Waals surface area contributed by atoms with E-state index in [1.165, 1.54) is 126 Å². The summed E-state index contributed by atoms with van der Waals surface area (Å²) in [5.41, 5.74) is 33.1. The lowest BCUT2D eigenvalue weighted by Gasteiger charge is -2.48. The zero-order chi connectivity index (χ0) is 69.3. The molecule has 1 aliphatic carbocycles. The van der Waals surface area contributed by atoms with Gasteiger partial charge >= 0.3 is 0 Å². The molecule has 0 amide bonds. The summed E-state index contributed by atoms with van der Waals surface area (Å²) in [5.74, 6) is 1.53. The maximum Gasteiger partial charge on any atom is 0.256 e. The first-order valence-electron chi connectivity index (χ1n) is 36.4. The van der Waals surface area contributed by atoms with Crippen LogP contribution >= 0.6 is 11.8 Å². The second kappa shape index (κ2) is 24.4. The van der Waals surface area contributed by atoms with Crippen LogP contribution in [0.3, 0.4) is 0 Å². The van der Waals surface area contributed by atoms with E-state index in [2.05, 4.69) is 386 Å². The number of para-hydroxylation sites is 1. The molecule has 2 atom stereocenters. The van der Waals surface area contributed by atoms with Crippen LogP contribution in [-0.4, -0.2) is 13.4 Å². The van der Waals surface area contributed by atoms with Gasteiger partial charge in [0.05, 0.1) is 0 Å². The number of allylic oxidation sites excluding steroid dienone is 4. The van der Waals surface area contributed by atoms with Gasteiger partial charge in [-0.25, -0.2) is 0 Å². The van der Waals surface area contributed by atoms with Crippen LogP contribution in [0.5, 0.6) is 11.5 Å². The summed E-state index contributed by atoms with van der Waals surface area (Å²) in [6.07, 6.45) is 7.35. The van der Waals surface area contributed by atoms with Gasteiger partial charge in [0.25, 0.3) is 6.71 Å². The van der Waals surface area contributed by atoms with Crippen molar-refractivity contribution in [2.24, 2.45) is 0 Å². The molecule has 5 heteroatoms. The summed E-state index contributed by atoms with van der Waals surface area (Å²) in [4.78, 5) is 5.22. The fourth-order valence-corrected chi connectivity index (χ4v) is 18.7. The lowest BCUT2D eigenvalue weighted by molar-refractivity contribution is 0.483. The molecule has 490 valence electrons. The minimum atomic E-state index is -0.704. The van der Waals surface area contributed by atoms with Gasteiger partial charge in [0, 0.05) is 38.2 Å². The Bertz CT molecular complexity index is 5650. The fraction of sp³-hybridized carbons (Fsp3) is 0.102. The van der Waals surface area contributed by atoms with Gasteiger partial charge in [-0.3, -0.25) is 0 Å². The second-order valence-electron chi connectivity index (χ2n) is 30.7. The highest BCUT2D eigenvalue weighted by Gasteiger charge is 2.54. The minimum absolute atomic E-state index is 0.0790. The Hall–Kier alpha value is -11.4. The van der Waals surface area contributed by atoms with E-state index < -0.39 is 5.41 Å². The fourth-order valence-electron chi connectivity index (χ4n) is 17.5. The third-order valence-electron chi connectivity index (χ3n) is 22.5. The molecule has 0 bridgehead atoms. The number of fused-ring (bicyclic) bond motifs is 8. The predicted octanol–water partition coefficient (Wildman–Crippen LogP) is 21.7. The van der Waals surface area contributed by atoms with Crippen LogP contribution in [0.25, 0.3) is 72.3 Å². The molecule has 0 radical (unpaired) electrons. The van der Waals surface area contributed by atoms with Crippen molar-refractivity contribution in [1.82, 2.24) is 0 Å². The molecule has 0 saturated carbocycles. The van der Waals surface area contributed by atoms with Crippen LogP contribution < -0.4 is 42.4 Å². The highest BCUT2D eigenvalue weighted by molar-refractivity contribution is 8.00. The molecule has 0 spiro atoms. The van der Waals surface area contributed by atoms with Crippen molar-refractivity contribution in [2.75, 3.05) is 4.90 Å². The van der Waals surface area contributed by atoms with Crippen LogP contribution in [0.2, 0.25) is 0 Å². The molecule has 2 unspecified atom stereocenters.